The molecule has 1 aliphatic heterocycles. The number of carbonyl (C=O) groups is 3. The molecule has 37 heavy (non-hydrogen) atoms. The molecule has 1 heterocycles. The average molecular weight is 531 g/mol. The van der Waals surface area contributed by atoms with Crippen molar-refractivity contribution >= 4 is 29.6 Å². The number of nitrogens with zero attached hydrogens (tertiary/aromatic N) is 1. The summed E-state index contributed by atoms with van der Waals surface area (Å²) in [6, 6.07) is 12.2. The lowest BCUT2D eigenvalue weighted by molar-refractivity contribution is -0.139. The van der Waals surface area contributed by atoms with Gasteiger partial charge in [-0.25, -0.2) is 4.79 Å². The van der Waals surface area contributed by atoms with Crippen molar-refractivity contribution in [2.24, 2.45) is 0 Å². The first-order chi connectivity index (χ1) is 17.5. The molecule has 3 rings (SSSR count). The van der Waals surface area contributed by atoms with Gasteiger partial charge in [0.25, 0.3) is 0 Å². The van der Waals surface area contributed by atoms with E-state index in [4.69, 9.17) is 25.8 Å². The van der Waals surface area contributed by atoms with Crippen LogP contribution in [0.5, 0.6) is 5.75 Å². The van der Waals surface area contributed by atoms with Crippen LogP contribution in [0.15, 0.2) is 42.5 Å². The molecule has 8 nitrogen and oxygen atoms in total. The fourth-order valence-corrected chi connectivity index (χ4v) is 4.17. The largest absolute Gasteiger partial charge is 0.489 e. The van der Waals surface area contributed by atoms with Gasteiger partial charge in [0.05, 0.1) is 13.5 Å². The zero-order chi connectivity index (χ0) is 27.0. The molecule has 9 heteroatoms. The Morgan fingerprint density at radius 1 is 1.08 bits per heavy atom. The molecule has 2 amide bonds. The molecule has 1 fully saturated rings. The molecule has 0 unspecified atom stereocenters. The molecule has 0 spiro atoms. The summed E-state index contributed by atoms with van der Waals surface area (Å²) in [6.45, 7) is 6.47. The molecule has 1 N–H and O–H groups in total. The number of ether oxygens (including phenoxy) is 3. The Morgan fingerprint density at radius 2 is 1.78 bits per heavy atom. The summed E-state index contributed by atoms with van der Waals surface area (Å²) in [4.78, 5) is 39.3. The van der Waals surface area contributed by atoms with E-state index >= 15 is 0 Å². The van der Waals surface area contributed by atoms with Crippen LogP contribution in [0.3, 0.4) is 0 Å². The van der Waals surface area contributed by atoms with Gasteiger partial charge in [-0.2, -0.15) is 0 Å². The Kier molecular flexibility index (Phi) is 9.80. The van der Waals surface area contributed by atoms with Gasteiger partial charge < -0.3 is 24.4 Å². The Hall–Kier alpha value is -3.26. The monoisotopic (exact) mass is 530 g/mol. The predicted octanol–water partition coefficient (Wildman–Crippen LogP) is 5.04. The lowest BCUT2D eigenvalue weighted by Gasteiger charge is -2.27. The van der Waals surface area contributed by atoms with Gasteiger partial charge in [-0.1, -0.05) is 29.8 Å². The summed E-state index contributed by atoms with van der Waals surface area (Å²) < 4.78 is 16.3. The predicted molar refractivity (Wildman–Crippen MR) is 140 cm³/mol. The second kappa shape index (κ2) is 12.8. The van der Waals surface area contributed by atoms with Crippen molar-refractivity contribution in [1.29, 1.82) is 0 Å². The van der Waals surface area contributed by atoms with Gasteiger partial charge in [-0.3, -0.25) is 9.59 Å². The quantitative estimate of drug-likeness (QED) is 0.480. The van der Waals surface area contributed by atoms with Crippen LogP contribution in [0, 0.1) is 0 Å². The summed E-state index contributed by atoms with van der Waals surface area (Å²) in [5, 5.41) is 3.38. The van der Waals surface area contributed by atoms with E-state index in [1.165, 1.54) is 7.11 Å². The third-order valence-corrected chi connectivity index (χ3v) is 6.09. The van der Waals surface area contributed by atoms with Crippen LogP contribution in [-0.4, -0.2) is 48.2 Å². The maximum atomic E-state index is 13.4. The smallest absolute Gasteiger partial charge is 0.408 e. The van der Waals surface area contributed by atoms with Crippen LogP contribution >= 0.6 is 11.6 Å². The number of amides is 2. The molecule has 0 radical (unpaired) electrons. The third-order valence-electron chi connectivity index (χ3n) is 5.84. The molecule has 2 aromatic carbocycles. The minimum atomic E-state index is -0.672. The molecule has 1 aliphatic rings. The standard InChI is InChI=1S/C28H35ClN2O6/c1-28(2,3)37-27(34)30-23-7-5-6-14-31(26(23)33)17-21-15-20(16-25(32)35-4)10-13-24(21)36-18-19-8-11-22(29)12-9-19/h8-13,15,23H,5-7,14,16-18H2,1-4H3,(H,30,34)/t23-/m0/s1. The molecule has 0 bridgehead atoms. The van der Waals surface area contributed by atoms with E-state index in [0.29, 0.717) is 30.3 Å². The number of likely N-dealkylation sites (tertiary alicyclic amines) is 1. The maximum absolute atomic E-state index is 13.4. The summed E-state index contributed by atoms with van der Waals surface area (Å²) in [5.41, 5.74) is 1.81. The molecule has 0 aromatic heterocycles. The highest BCUT2D eigenvalue weighted by Crippen LogP contribution is 2.26. The molecule has 0 aliphatic carbocycles. The van der Waals surface area contributed by atoms with Crippen LogP contribution in [0.4, 0.5) is 4.79 Å². The van der Waals surface area contributed by atoms with Crippen molar-refractivity contribution in [3.8, 4) is 5.75 Å². The van der Waals surface area contributed by atoms with E-state index in [1.54, 1.807) is 37.8 Å². The molecule has 1 saturated heterocycles. The van der Waals surface area contributed by atoms with E-state index in [2.05, 4.69) is 5.32 Å². The fourth-order valence-electron chi connectivity index (χ4n) is 4.04. The molecular formula is C28H35ClN2O6. The second-order valence-electron chi connectivity index (χ2n) is 10.1. The van der Waals surface area contributed by atoms with E-state index in [9.17, 15) is 14.4 Å². The first-order valence-electron chi connectivity index (χ1n) is 12.4. The Bertz CT molecular complexity index is 1100. The number of methoxy groups -OCH3 is 1. The number of alkyl carbamates (subject to hydrolysis) is 1. The van der Waals surface area contributed by atoms with E-state index in [-0.39, 0.29) is 24.8 Å². The number of hydrogen-bond acceptors (Lipinski definition) is 6. The van der Waals surface area contributed by atoms with Gasteiger partial charge >= 0.3 is 12.1 Å². The van der Waals surface area contributed by atoms with Crippen molar-refractivity contribution < 1.29 is 28.6 Å². The van der Waals surface area contributed by atoms with Crippen molar-refractivity contribution in [3.63, 3.8) is 0 Å². The van der Waals surface area contributed by atoms with Gasteiger partial charge in [0.2, 0.25) is 5.91 Å². The average Bonchev–Trinajstić information content (AvgIpc) is 2.99. The van der Waals surface area contributed by atoms with Crippen molar-refractivity contribution in [1.82, 2.24) is 10.2 Å². The number of rotatable bonds is 8. The van der Waals surface area contributed by atoms with Crippen molar-refractivity contribution in [2.45, 2.75) is 71.2 Å². The molecule has 0 saturated carbocycles. The summed E-state index contributed by atoms with van der Waals surface area (Å²) in [6.07, 6.45) is 1.64. The lowest BCUT2D eigenvalue weighted by Crippen LogP contribution is -2.48. The number of carbonyl (C=O) groups excluding carboxylic acids is 3. The van der Waals surface area contributed by atoms with Crippen molar-refractivity contribution in [2.75, 3.05) is 13.7 Å². The topological polar surface area (TPSA) is 94.2 Å². The first kappa shape index (κ1) is 28.3. The summed E-state index contributed by atoms with van der Waals surface area (Å²) >= 11 is 5.98. The number of nitrogens with one attached hydrogen (secondary N) is 1. The highest BCUT2D eigenvalue weighted by molar-refractivity contribution is 6.30. The van der Waals surface area contributed by atoms with E-state index < -0.39 is 17.7 Å². The zero-order valence-corrected chi connectivity index (χ0v) is 22.6. The van der Waals surface area contributed by atoms with Crippen LogP contribution in [0.25, 0.3) is 0 Å². The minimum Gasteiger partial charge on any atom is -0.489 e. The molecule has 200 valence electrons. The number of hydrogen-bond donors (Lipinski definition) is 1. The van der Waals surface area contributed by atoms with E-state index in [0.717, 1.165) is 29.5 Å². The van der Waals surface area contributed by atoms with Crippen molar-refractivity contribution in [3.05, 3.63) is 64.2 Å². The minimum absolute atomic E-state index is 0.109. The lowest BCUT2D eigenvalue weighted by atomic mass is 10.1. The van der Waals surface area contributed by atoms with Gasteiger partial charge in [0.1, 0.15) is 24.0 Å². The highest BCUT2D eigenvalue weighted by Gasteiger charge is 2.30. The second-order valence-corrected chi connectivity index (χ2v) is 10.5. The number of esters is 1. The van der Waals surface area contributed by atoms with Crippen LogP contribution < -0.4 is 10.1 Å². The summed E-state index contributed by atoms with van der Waals surface area (Å²) in [7, 11) is 1.35. The normalized spacial score (nSPS) is 16.1. The Labute approximate surface area is 223 Å². The molecular weight excluding hydrogens is 496 g/mol. The van der Waals surface area contributed by atoms with Crippen LogP contribution in [-0.2, 0) is 38.6 Å². The Morgan fingerprint density at radius 3 is 2.46 bits per heavy atom. The van der Waals surface area contributed by atoms with Crippen LogP contribution in [0.1, 0.15) is 56.7 Å². The number of halogens is 1. The van der Waals surface area contributed by atoms with Gasteiger partial charge in [-0.05, 0) is 75.4 Å². The fraction of sp³-hybridized carbons (Fsp3) is 0.464. The highest BCUT2D eigenvalue weighted by atomic mass is 35.5. The maximum Gasteiger partial charge on any atom is 0.408 e. The SMILES string of the molecule is COC(=O)Cc1ccc(OCc2ccc(Cl)cc2)c(CN2CCCC[C@H](NC(=O)OC(C)(C)C)C2=O)c1. The first-order valence-corrected chi connectivity index (χ1v) is 12.8. The Balaban J connectivity index is 1.80. The van der Waals surface area contributed by atoms with Crippen LogP contribution in [0.2, 0.25) is 5.02 Å². The van der Waals surface area contributed by atoms with Gasteiger partial charge in [0, 0.05) is 23.7 Å². The molecule has 1 atom stereocenters. The number of benzene rings is 2. The third kappa shape index (κ3) is 8.97. The molecule has 2 aromatic rings. The summed E-state index contributed by atoms with van der Waals surface area (Å²) in [5.74, 6) is 0.0795. The van der Waals surface area contributed by atoms with Gasteiger partial charge in [0.15, 0.2) is 0 Å². The van der Waals surface area contributed by atoms with E-state index in [1.807, 2.05) is 30.3 Å². The zero-order valence-electron chi connectivity index (χ0n) is 21.8. The van der Waals surface area contributed by atoms with Gasteiger partial charge in [-0.15, -0.1) is 0 Å².